The van der Waals surface area contributed by atoms with Gasteiger partial charge in [0.15, 0.2) is 0 Å². The fourth-order valence-electron chi connectivity index (χ4n) is 1.82. The van der Waals surface area contributed by atoms with Crippen LogP contribution in [0, 0.1) is 11.7 Å². The minimum absolute atomic E-state index is 0.0975. The smallest absolute Gasteiger partial charge is 0.126 e. The van der Waals surface area contributed by atoms with Crippen molar-refractivity contribution in [2.75, 3.05) is 6.54 Å². The van der Waals surface area contributed by atoms with Crippen molar-refractivity contribution in [1.29, 1.82) is 0 Å². The highest BCUT2D eigenvalue weighted by molar-refractivity contribution is 6.30. The zero-order chi connectivity index (χ0) is 13.8. The molecule has 102 valence electrons. The predicted molar refractivity (Wildman–Crippen MR) is 76.7 cm³/mol. The van der Waals surface area contributed by atoms with Gasteiger partial charge in [-0.2, -0.15) is 0 Å². The van der Waals surface area contributed by atoms with Gasteiger partial charge in [-0.05, 0) is 63.4 Å². The van der Waals surface area contributed by atoms with Crippen molar-refractivity contribution in [2.24, 2.45) is 5.92 Å². The second-order valence-corrected chi connectivity index (χ2v) is 6.28. The van der Waals surface area contributed by atoms with E-state index >= 15 is 0 Å². The van der Waals surface area contributed by atoms with E-state index in [0.717, 1.165) is 19.4 Å². The molecular weight excluding hydrogens is 249 g/mol. The lowest BCUT2D eigenvalue weighted by Gasteiger charge is -2.25. The molecule has 1 N–H and O–H groups in total. The highest BCUT2D eigenvalue weighted by Crippen LogP contribution is 2.19. The molecule has 0 aliphatic heterocycles. The van der Waals surface area contributed by atoms with E-state index in [9.17, 15) is 4.39 Å². The van der Waals surface area contributed by atoms with Crippen molar-refractivity contribution < 1.29 is 4.39 Å². The Bertz CT molecular complexity index is 385. The van der Waals surface area contributed by atoms with Crippen LogP contribution in [0.15, 0.2) is 18.2 Å². The molecule has 0 amide bonds. The van der Waals surface area contributed by atoms with E-state index in [-0.39, 0.29) is 11.4 Å². The van der Waals surface area contributed by atoms with E-state index in [1.54, 1.807) is 12.1 Å². The summed E-state index contributed by atoms with van der Waals surface area (Å²) in [4.78, 5) is 0. The zero-order valence-corrected chi connectivity index (χ0v) is 12.4. The summed E-state index contributed by atoms with van der Waals surface area (Å²) in [6, 6.07) is 4.77. The number of rotatable bonds is 5. The van der Waals surface area contributed by atoms with Gasteiger partial charge in [0, 0.05) is 10.6 Å². The first-order valence-electron chi connectivity index (χ1n) is 6.50. The van der Waals surface area contributed by atoms with Crippen LogP contribution in [-0.4, -0.2) is 12.1 Å². The first kappa shape index (κ1) is 15.5. The molecule has 0 saturated carbocycles. The van der Waals surface area contributed by atoms with Crippen LogP contribution in [0.3, 0.4) is 0 Å². The van der Waals surface area contributed by atoms with Crippen LogP contribution in [0.1, 0.15) is 39.7 Å². The Morgan fingerprint density at radius 2 is 2.00 bits per heavy atom. The lowest BCUT2D eigenvalue weighted by Crippen LogP contribution is -2.39. The maximum Gasteiger partial charge on any atom is 0.126 e. The molecule has 0 fully saturated rings. The zero-order valence-electron chi connectivity index (χ0n) is 11.7. The number of hydrogen-bond acceptors (Lipinski definition) is 1. The number of halogens is 2. The standard InChI is InChI=1S/C15H23ClFN/c1-5-11(10-18-15(2,3)4)8-12-9-13(16)6-7-14(12)17/h6-7,9,11,18H,5,8,10H2,1-4H3. The van der Waals surface area contributed by atoms with E-state index in [4.69, 9.17) is 11.6 Å². The predicted octanol–water partition coefficient (Wildman–Crippen LogP) is 4.44. The third kappa shape index (κ3) is 5.36. The summed E-state index contributed by atoms with van der Waals surface area (Å²) in [5.74, 6) is 0.269. The van der Waals surface area contributed by atoms with Gasteiger partial charge >= 0.3 is 0 Å². The summed E-state index contributed by atoms with van der Waals surface area (Å²) in [5.41, 5.74) is 0.811. The van der Waals surface area contributed by atoms with Gasteiger partial charge in [0.25, 0.3) is 0 Å². The molecule has 1 atom stereocenters. The first-order chi connectivity index (χ1) is 8.31. The molecule has 1 nitrogen and oxygen atoms in total. The second kappa shape index (κ2) is 6.53. The molecule has 0 heterocycles. The van der Waals surface area contributed by atoms with Gasteiger partial charge < -0.3 is 5.32 Å². The molecule has 3 heteroatoms. The van der Waals surface area contributed by atoms with Crippen LogP contribution in [-0.2, 0) is 6.42 Å². The van der Waals surface area contributed by atoms with Crippen molar-refractivity contribution in [3.63, 3.8) is 0 Å². The van der Waals surface area contributed by atoms with E-state index < -0.39 is 0 Å². The Morgan fingerprint density at radius 3 is 2.56 bits per heavy atom. The highest BCUT2D eigenvalue weighted by atomic mass is 35.5. The lowest BCUT2D eigenvalue weighted by atomic mass is 9.95. The summed E-state index contributed by atoms with van der Waals surface area (Å²) >= 11 is 5.91. The van der Waals surface area contributed by atoms with Crippen LogP contribution in [0.2, 0.25) is 5.02 Å². The van der Waals surface area contributed by atoms with Crippen molar-refractivity contribution >= 4 is 11.6 Å². The third-order valence-corrected chi connectivity index (χ3v) is 3.25. The first-order valence-corrected chi connectivity index (χ1v) is 6.88. The normalized spacial score (nSPS) is 13.7. The molecular formula is C15H23ClFN. The maximum atomic E-state index is 13.7. The summed E-state index contributed by atoms with van der Waals surface area (Å²) in [7, 11) is 0. The Kier molecular flexibility index (Phi) is 5.61. The number of hydrogen-bond donors (Lipinski definition) is 1. The molecule has 0 spiro atoms. The SMILES string of the molecule is CCC(CNC(C)(C)C)Cc1cc(Cl)ccc1F. The summed E-state index contributed by atoms with van der Waals surface area (Å²) in [5, 5.41) is 4.07. The Labute approximate surface area is 115 Å². The van der Waals surface area contributed by atoms with E-state index in [2.05, 4.69) is 33.0 Å². The monoisotopic (exact) mass is 271 g/mol. The largest absolute Gasteiger partial charge is 0.312 e. The molecule has 0 aliphatic rings. The van der Waals surface area contributed by atoms with Crippen LogP contribution in [0.4, 0.5) is 4.39 Å². The molecule has 0 radical (unpaired) electrons. The molecule has 0 aromatic heterocycles. The van der Waals surface area contributed by atoms with Crippen molar-refractivity contribution in [3.05, 3.63) is 34.6 Å². The Hall–Kier alpha value is -0.600. The average molecular weight is 272 g/mol. The van der Waals surface area contributed by atoms with Crippen molar-refractivity contribution in [3.8, 4) is 0 Å². The molecule has 0 saturated heterocycles. The van der Waals surface area contributed by atoms with Gasteiger partial charge in [0.1, 0.15) is 5.82 Å². The molecule has 1 unspecified atom stereocenters. The molecule has 1 aromatic rings. The summed E-state index contributed by atoms with van der Waals surface area (Å²) in [6.45, 7) is 9.45. The van der Waals surface area contributed by atoms with Crippen LogP contribution >= 0.6 is 11.6 Å². The van der Waals surface area contributed by atoms with Gasteiger partial charge in [-0.25, -0.2) is 4.39 Å². The Balaban J connectivity index is 2.65. The minimum Gasteiger partial charge on any atom is -0.312 e. The number of benzene rings is 1. The molecule has 1 aromatic carbocycles. The lowest BCUT2D eigenvalue weighted by molar-refractivity contribution is 0.361. The quantitative estimate of drug-likeness (QED) is 0.835. The molecule has 18 heavy (non-hydrogen) atoms. The van der Waals surface area contributed by atoms with E-state index in [1.807, 2.05) is 0 Å². The summed E-state index contributed by atoms with van der Waals surface area (Å²) < 4.78 is 13.7. The summed E-state index contributed by atoms with van der Waals surface area (Å²) in [6.07, 6.45) is 1.75. The average Bonchev–Trinajstić information content (AvgIpc) is 2.27. The van der Waals surface area contributed by atoms with Crippen LogP contribution in [0.5, 0.6) is 0 Å². The van der Waals surface area contributed by atoms with E-state index in [1.165, 1.54) is 6.07 Å². The van der Waals surface area contributed by atoms with Gasteiger partial charge in [0.2, 0.25) is 0 Å². The van der Waals surface area contributed by atoms with Crippen molar-refractivity contribution in [2.45, 2.75) is 46.1 Å². The Morgan fingerprint density at radius 1 is 1.33 bits per heavy atom. The van der Waals surface area contributed by atoms with Crippen LogP contribution in [0.25, 0.3) is 0 Å². The van der Waals surface area contributed by atoms with Crippen molar-refractivity contribution in [1.82, 2.24) is 5.32 Å². The third-order valence-electron chi connectivity index (χ3n) is 3.01. The fraction of sp³-hybridized carbons (Fsp3) is 0.600. The molecule has 1 rings (SSSR count). The fourth-order valence-corrected chi connectivity index (χ4v) is 2.02. The highest BCUT2D eigenvalue weighted by Gasteiger charge is 2.15. The topological polar surface area (TPSA) is 12.0 Å². The van der Waals surface area contributed by atoms with Gasteiger partial charge in [0.05, 0.1) is 0 Å². The van der Waals surface area contributed by atoms with Crippen LogP contribution < -0.4 is 5.32 Å². The maximum absolute atomic E-state index is 13.7. The molecule has 0 aliphatic carbocycles. The van der Waals surface area contributed by atoms with E-state index in [0.29, 0.717) is 16.5 Å². The van der Waals surface area contributed by atoms with Gasteiger partial charge in [-0.1, -0.05) is 24.9 Å². The van der Waals surface area contributed by atoms with Gasteiger partial charge in [-0.15, -0.1) is 0 Å². The second-order valence-electron chi connectivity index (χ2n) is 5.85. The molecule has 0 bridgehead atoms. The minimum atomic E-state index is -0.159. The van der Waals surface area contributed by atoms with Gasteiger partial charge in [-0.3, -0.25) is 0 Å². The number of nitrogens with one attached hydrogen (secondary N) is 1.